The van der Waals surface area contributed by atoms with Crippen LogP contribution in [0.3, 0.4) is 0 Å². The number of nitrogens with two attached hydrogens (primary N) is 1. The Kier molecular flexibility index (Phi) is 4.59. The summed E-state index contributed by atoms with van der Waals surface area (Å²) in [6.07, 6.45) is 2.66. The van der Waals surface area contributed by atoms with Crippen LogP contribution in [0.5, 0.6) is 0 Å². The van der Waals surface area contributed by atoms with Crippen molar-refractivity contribution in [3.63, 3.8) is 0 Å². The SMILES string of the molecule is NC(=O)C[C@@H]1CCCCN1C(=O)c1cc(-c2ccccc2F)on1. The van der Waals surface area contributed by atoms with Crippen LogP contribution in [0, 0.1) is 5.82 Å². The van der Waals surface area contributed by atoms with E-state index in [4.69, 9.17) is 10.3 Å². The van der Waals surface area contributed by atoms with E-state index in [1.165, 1.54) is 12.1 Å². The van der Waals surface area contributed by atoms with Gasteiger partial charge in [0.2, 0.25) is 5.91 Å². The molecule has 2 aromatic rings. The van der Waals surface area contributed by atoms with Crippen molar-refractivity contribution < 1.29 is 18.5 Å². The van der Waals surface area contributed by atoms with Gasteiger partial charge >= 0.3 is 0 Å². The third kappa shape index (κ3) is 3.29. The standard InChI is InChI=1S/C17H18FN3O3/c18-13-7-2-1-6-12(13)15-10-14(20-24-15)17(23)21-8-4-3-5-11(21)9-16(19)22/h1-2,6-7,10-11H,3-5,8-9H2,(H2,19,22)/t11-/m0/s1. The Morgan fingerprint density at radius 2 is 2.12 bits per heavy atom. The number of amides is 2. The Hall–Kier alpha value is -2.70. The summed E-state index contributed by atoms with van der Waals surface area (Å²) in [5.74, 6) is -1.02. The molecule has 0 radical (unpaired) electrons. The van der Waals surface area contributed by atoms with E-state index >= 15 is 0 Å². The third-order valence-corrected chi connectivity index (χ3v) is 4.19. The first-order chi connectivity index (χ1) is 11.6. The molecule has 0 aliphatic carbocycles. The summed E-state index contributed by atoms with van der Waals surface area (Å²) >= 11 is 0. The number of hydrogen-bond donors (Lipinski definition) is 1. The fraction of sp³-hybridized carbons (Fsp3) is 0.353. The Morgan fingerprint density at radius 1 is 1.33 bits per heavy atom. The van der Waals surface area contributed by atoms with Crippen LogP contribution < -0.4 is 5.73 Å². The lowest BCUT2D eigenvalue weighted by Gasteiger charge is -2.34. The second-order valence-corrected chi connectivity index (χ2v) is 5.87. The maximum atomic E-state index is 13.8. The second-order valence-electron chi connectivity index (χ2n) is 5.87. The molecule has 1 aromatic heterocycles. The van der Waals surface area contributed by atoms with Gasteiger partial charge in [-0.3, -0.25) is 9.59 Å². The number of carbonyl (C=O) groups is 2. The minimum Gasteiger partial charge on any atom is -0.370 e. The monoisotopic (exact) mass is 331 g/mol. The summed E-state index contributed by atoms with van der Waals surface area (Å²) in [6.45, 7) is 0.540. The van der Waals surface area contributed by atoms with Gasteiger partial charge < -0.3 is 15.2 Å². The van der Waals surface area contributed by atoms with Crippen LogP contribution in [0.15, 0.2) is 34.9 Å². The topological polar surface area (TPSA) is 89.4 Å². The van der Waals surface area contributed by atoms with Gasteiger partial charge in [-0.2, -0.15) is 0 Å². The molecule has 1 atom stereocenters. The van der Waals surface area contributed by atoms with Crippen LogP contribution in [0.25, 0.3) is 11.3 Å². The quantitative estimate of drug-likeness (QED) is 0.931. The molecule has 1 fully saturated rings. The lowest BCUT2D eigenvalue weighted by molar-refractivity contribution is -0.119. The molecule has 1 aliphatic rings. The molecule has 1 aromatic carbocycles. The predicted octanol–water partition coefficient (Wildman–Crippen LogP) is 2.35. The smallest absolute Gasteiger partial charge is 0.276 e. The van der Waals surface area contributed by atoms with Crippen LogP contribution in [0.1, 0.15) is 36.2 Å². The van der Waals surface area contributed by atoms with E-state index in [1.807, 2.05) is 0 Å². The summed E-state index contributed by atoms with van der Waals surface area (Å²) < 4.78 is 18.9. The van der Waals surface area contributed by atoms with Crippen LogP contribution in [-0.4, -0.2) is 34.5 Å². The molecule has 2 amide bonds. The number of piperidine rings is 1. The summed E-state index contributed by atoms with van der Waals surface area (Å²) in [6, 6.07) is 7.32. The van der Waals surface area contributed by atoms with E-state index < -0.39 is 11.7 Å². The second kappa shape index (κ2) is 6.82. The maximum absolute atomic E-state index is 13.8. The first-order valence-electron chi connectivity index (χ1n) is 7.87. The number of hydrogen-bond acceptors (Lipinski definition) is 4. The number of carbonyl (C=O) groups excluding carboxylic acids is 2. The molecule has 1 saturated heterocycles. The maximum Gasteiger partial charge on any atom is 0.276 e. The highest BCUT2D eigenvalue weighted by Crippen LogP contribution is 2.26. The zero-order valence-corrected chi connectivity index (χ0v) is 13.1. The molecule has 6 nitrogen and oxygen atoms in total. The van der Waals surface area contributed by atoms with Gasteiger partial charge in [-0.15, -0.1) is 0 Å². The van der Waals surface area contributed by atoms with E-state index in [0.717, 1.165) is 19.3 Å². The molecule has 2 heterocycles. The molecule has 3 rings (SSSR count). The van der Waals surface area contributed by atoms with E-state index in [0.29, 0.717) is 6.54 Å². The van der Waals surface area contributed by atoms with E-state index in [1.54, 1.807) is 23.1 Å². The van der Waals surface area contributed by atoms with Gasteiger partial charge in [0.15, 0.2) is 11.5 Å². The third-order valence-electron chi connectivity index (χ3n) is 4.19. The highest BCUT2D eigenvalue weighted by Gasteiger charge is 2.30. The van der Waals surface area contributed by atoms with Gasteiger partial charge in [0.05, 0.1) is 5.56 Å². The summed E-state index contributed by atoms with van der Waals surface area (Å²) in [5.41, 5.74) is 5.62. The number of nitrogens with zero attached hydrogens (tertiary/aromatic N) is 2. The summed E-state index contributed by atoms with van der Waals surface area (Å²) in [5, 5.41) is 3.77. The van der Waals surface area contributed by atoms with Crippen LogP contribution in [0.2, 0.25) is 0 Å². The van der Waals surface area contributed by atoms with Crippen molar-refractivity contribution in [2.45, 2.75) is 31.7 Å². The van der Waals surface area contributed by atoms with Crippen molar-refractivity contribution in [3.05, 3.63) is 41.8 Å². The molecular formula is C17H18FN3O3. The zero-order chi connectivity index (χ0) is 17.1. The Morgan fingerprint density at radius 3 is 2.88 bits per heavy atom. The number of benzene rings is 1. The Balaban J connectivity index is 1.82. The molecular weight excluding hydrogens is 313 g/mol. The average Bonchev–Trinajstić information content (AvgIpc) is 3.04. The molecule has 24 heavy (non-hydrogen) atoms. The van der Waals surface area contributed by atoms with Crippen molar-refractivity contribution in [1.29, 1.82) is 0 Å². The molecule has 0 saturated carbocycles. The summed E-state index contributed by atoms with van der Waals surface area (Å²) in [7, 11) is 0. The molecule has 0 spiro atoms. The van der Waals surface area contributed by atoms with Gasteiger partial charge in [0, 0.05) is 25.1 Å². The predicted molar refractivity (Wildman–Crippen MR) is 84.4 cm³/mol. The first-order valence-corrected chi connectivity index (χ1v) is 7.87. The van der Waals surface area contributed by atoms with Crippen molar-refractivity contribution in [2.75, 3.05) is 6.54 Å². The lowest BCUT2D eigenvalue weighted by atomic mass is 9.98. The highest BCUT2D eigenvalue weighted by molar-refractivity contribution is 5.93. The fourth-order valence-electron chi connectivity index (χ4n) is 3.02. The Labute approximate surface area is 138 Å². The average molecular weight is 331 g/mol. The van der Waals surface area contributed by atoms with Gasteiger partial charge in [0.25, 0.3) is 5.91 Å². The number of rotatable bonds is 4. The first kappa shape index (κ1) is 16.2. The molecule has 1 aliphatic heterocycles. The van der Waals surface area contributed by atoms with Gasteiger partial charge in [-0.05, 0) is 31.4 Å². The van der Waals surface area contributed by atoms with E-state index in [9.17, 15) is 14.0 Å². The number of aromatic nitrogens is 1. The van der Waals surface area contributed by atoms with Crippen LogP contribution in [-0.2, 0) is 4.79 Å². The minimum atomic E-state index is -0.447. The molecule has 2 N–H and O–H groups in total. The van der Waals surface area contributed by atoms with Gasteiger partial charge in [-0.1, -0.05) is 17.3 Å². The van der Waals surface area contributed by atoms with Crippen molar-refractivity contribution >= 4 is 11.8 Å². The van der Waals surface area contributed by atoms with Gasteiger partial charge in [-0.25, -0.2) is 4.39 Å². The molecule has 7 heteroatoms. The molecule has 126 valence electrons. The minimum absolute atomic E-state index is 0.102. The number of primary amides is 1. The number of likely N-dealkylation sites (tertiary alicyclic amines) is 1. The van der Waals surface area contributed by atoms with Crippen LogP contribution >= 0.6 is 0 Å². The summed E-state index contributed by atoms with van der Waals surface area (Å²) in [4.78, 5) is 25.5. The highest BCUT2D eigenvalue weighted by atomic mass is 19.1. The largest absolute Gasteiger partial charge is 0.370 e. The van der Waals surface area contributed by atoms with Crippen molar-refractivity contribution in [3.8, 4) is 11.3 Å². The number of halogens is 1. The molecule has 0 unspecified atom stereocenters. The fourth-order valence-corrected chi connectivity index (χ4v) is 3.02. The van der Waals surface area contributed by atoms with Crippen molar-refractivity contribution in [1.82, 2.24) is 10.1 Å². The van der Waals surface area contributed by atoms with E-state index in [-0.39, 0.29) is 35.4 Å². The lowest BCUT2D eigenvalue weighted by Crippen LogP contribution is -2.45. The van der Waals surface area contributed by atoms with E-state index in [2.05, 4.69) is 5.16 Å². The Bertz CT molecular complexity index is 759. The molecule has 0 bridgehead atoms. The zero-order valence-electron chi connectivity index (χ0n) is 13.1. The van der Waals surface area contributed by atoms with Crippen LogP contribution in [0.4, 0.5) is 4.39 Å². The van der Waals surface area contributed by atoms with Gasteiger partial charge in [0.1, 0.15) is 5.82 Å². The van der Waals surface area contributed by atoms with Crippen molar-refractivity contribution in [2.24, 2.45) is 5.73 Å². The normalized spacial score (nSPS) is 17.7.